The summed E-state index contributed by atoms with van der Waals surface area (Å²) in [6.07, 6.45) is 7.28. The average molecular weight is 392 g/mol. The summed E-state index contributed by atoms with van der Waals surface area (Å²) >= 11 is 0. The van der Waals surface area contributed by atoms with Gasteiger partial charge >= 0.3 is 11.9 Å². The van der Waals surface area contributed by atoms with E-state index in [-0.39, 0.29) is 11.3 Å². The number of ether oxygens (including phenoxy) is 2. The summed E-state index contributed by atoms with van der Waals surface area (Å²) in [6, 6.07) is 4.86. The highest BCUT2D eigenvalue weighted by atomic mass is 32.2. The molecule has 1 aliphatic rings. The molecule has 0 saturated carbocycles. The first-order chi connectivity index (χ1) is 12.7. The Labute approximate surface area is 157 Å². The van der Waals surface area contributed by atoms with Crippen LogP contribution in [0.3, 0.4) is 0 Å². The van der Waals surface area contributed by atoms with Gasteiger partial charge in [0, 0.05) is 6.20 Å². The third-order valence-corrected chi connectivity index (χ3v) is 4.27. The third kappa shape index (κ3) is 4.76. The second-order valence-electron chi connectivity index (χ2n) is 5.69. The first-order valence-corrected chi connectivity index (χ1v) is 9.70. The van der Waals surface area contributed by atoms with E-state index >= 15 is 0 Å². The van der Waals surface area contributed by atoms with Crippen molar-refractivity contribution in [1.29, 1.82) is 0 Å². The minimum atomic E-state index is -3.48. The standard InChI is InChI=1S/C18H20N2O6S/c1-12-8-9-13(19-27(4,23)24)11-15(12)20-10-6-5-7-14(17(21)25-2)16(20)18(22)26-3/h5-11,19H,1-4H3. The van der Waals surface area contributed by atoms with Gasteiger partial charge in [-0.3, -0.25) is 4.72 Å². The highest BCUT2D eigenvalue weighted by molar-refractivity contribution is 7.92. The largest absolute Gasteiger partial charge is 0.465 e. The molecule has 1 N–H and O–H groups in total. The zero-order valence-corrected chi connectivity index (χ0v) is 16.2. The molecule has 0 bridgehead atoms. The number of nitrogens with zero attached hydrogens (tertiary/aromatic N) is 1. The molecule has 27 heavy (non-hydrogen) atoms. The molecular formula is C18H20N2O6S. The molecule has 9 heteroatoms. The van der Waals surface area contributed by atoms with E-state index in [0.29, 0.717) is 11.4 Å². The van der Waals surface area contributed by atoms with Crippen molar-refractivity contribution in [3.8, 4) is 0 Å². The monoisotopic (exact) mass is 392 g/mol. The maximum absolute atomic E-state index is 12.5. The number of sulfonamides is 1. The van der Waals surface area contributed by atoms with Crippen molar-refractivity contribution in [2.24, 2.45) is 0 Å². The van der Waals surface area contributed by atoms with Gasteiger partial charge in [0.05, 0.1) is 37.4 Å². The predicted molar refractivity (Wildman–Crippen MR) is 101 cm³/mol. The molecule has 8 nitrogen and oxygen atoms in total. The topological polar surface area (TPSA) is 102 Å². The van der Waals surface area contributed by atoms with Crippen LogP contribution in [0.4, 0.5) is 11.4 Å². The number of nitrogens with one attached hydrogen (secondary N) is 1. The molecule has 0 atom stereocenters. The quantitative estimate of drug-likeness (QED) is 0.763. The van der Waals surface area contributed by atoms with Crippen LogP contribution in [0.15, 0.2) is 53.9 Å². The van der Waals surface area contributed by atoms with Gasteiger partial charge in [0.2, 0.25) is 10.0 Å². The van der Waals surface area contributed by atoms with E-state index in [1.807, 2.05) is 0 Å². The molecule has 0 fully saturated rings. The average Bonchev–Trinajstić information content (AvgIpc) is 2.83. The molecule has 2 rings (SSSR count). The van der Waals surface area contributed by atoms with E-state index in [1.165, 1.54) is 25.2 Å². The lowest BCUT2D eigenvalue weighted by Crippen LogP contribution is -2.27. The molecule has 0 amide bonds. The number of hydrogen-bond donors (Lipinski definition) is 1. The van der Waals surface area contributed by atoms with E-state index in [1.54, 1.807) is 43.5 Å². The summed E-state index contributed by atoms with van der Waals surface area (Å²) in [5, 5.41) is 0. The number of methoxy groups -OCH3 is 2. The number of benzene rings is 1. The van der Waals surface area contributed by atoms with Crippen LogP contribution in [-0.4, -0.2) is 40.8 Å². The lowest BCUT2D eigenvalue weighted by atomic mass is 10.1. The predicted octanol–water partition coefficient (Wildman–Crippen LogP) is 1.86. The molecule has 0 unspecified atom stereocenters. The second-order valence-corrected chi connectivity index (χ2v) is 7.44. The zero-order chi connectivity index (χ0) is 20.2. The molecule has 0 aliphatic carbocycles. The summed E-state index contributed by atoms with van der Waals surface area (Å²) in [5.41, 5.74) is 1.51. The van der Waals surface area contributed by atoms with Gasteiger partial charge in [-0.15, -0.1) is 0 Å². The minimum Gasteiger partial charge on any atom is -0.465 e. The van der Waals surface area contributed by atoms with Gasteiger partial charge in [0.1, 0.15) is 5.70 Å². The molecule has 0 saturated heterocycles. The molecule has 0 radical (unpaired) electrons. The van der Waals surface area contributed by atoms with Gasteiger partial charge < -0.3 is 14.4 Å². The first kappa shape index (κ1) is 20.2. The number of carbonyl (C=O) groups is 2. The van der Waals surface area contributed by atoms with Crippen molar-refractivity contribution >= 4 is 33.3 Å². The number of aryl methyl sites for hydroxylation is 1. The normalized spacial score (nSPS) is 14.0. The Hall–Kier alpha value is -3.07. The number of esters is 2. The van der Waals surface area contributed by atoms with Crippen LogP contribution in [-0.2, 0) is 29.1 Å². The molecule has 1 aliphatic heterocycles. The number of carbonyl (C=O) groups excluding carboxylic acids is 2. The number of anilines is 2. The molecule has 1 aromatic rings. The smallest absolute Gasteiger partial charge is 0.355 e. The summed E-state index contributed by atoms with van der Waals surface area (Å²) in [5.74, 6) is -1.45. The maximum atomic E-state index is 12.5. The highest BCUT2D eigenvalue weighted by Crippen LogP contribution is 2.31. The third-order valence-electron chi connectivity index (χ3n) is 3.66. The Morgan fingerprint density at radius 3 is 2.33 bits per heavy atom. The van der Waals surface area contributed by atoms with E-state index in [2.05, 4.69) is 4.72 Å². The number of hydrogen-bond acceptors (Lipinski definition) is 7. The van der Waals surface area contributed by atoms with Crippen LogP contribution < -0.4 is 9.62 Å². The van der Waals surface area contributed by atoms with Crippen LogP contribution in [0.5, 0.6) is 0 Å². The fraction of sp³-hybridized carbons (Fsp3) is 0.222. The molecular weight excluding hydrogens is 372 g/mol. The van der Waals surface area contributed by atoms with E-state index in [4.69, 9.17) is 9.47 Å². The van der Waals surface area contributed by atoms with Crippen molar-refractivity contribution in [2.45, 2.75) is 6.92 Å². The molecule has 144 valence electrons. The van der Waals surface area contributed by atoms with Crippen LogP contribution in [0.2, 0.25) is 0 Å². The van der Waals surface area contributed by atoms with E-state index < -0.39 is 22.0 Å². The number of allylic oxidation sites excluding steroid dienone is 2. The maximum Gasteiger partial charge on any atom is 0.355 e. The van der Waals surface area contributed by atoms with E-state index in [0.717, 1.165) is 11.8 Å². The van der Waals surface area contributed by atoms with Crippen molar-refractivity contribution in [3.05, 3.63) is 59.5 Å². The lowest BCUT2D eigenvalue weighted by Gasteiger charge is -2.25. The van der Waals surface area contributed by atoms with Gasteiger partial charge in [0.25, 0.3) is 0 Å². The van der Waals surface area contributed by atoms with Gasteiger partial charge in [-0.2, -0.15) is 0 Å². The van der Waals surface area contributed by atoms with Gasteiger partial charge in [-0.1, -0.05) is 12.1 Å². The summed E-state index contributed by atoms with van der Waals surface area (Å²) in [7, 11) is -1.07. The highest BCUT2D eigenvalue weighted by Gasteiger charge is 2.28. The van der Waals surface area contributed by atoms with Gasteiger partial charge in [0.15, 0.2) is 0 Å². The first-order valence-electron chi connectivity index (χ1n) is 7.81. The van der Waals surface area contributed by atoms with Crippen LogP contribution in [0.1, 0.15) is 5.56 Å². The Morgan fingerprint density at radius 2 is 1.74 bits per heavy atom. The zero-order valence-electron chi connectivity index (χ0n) is 15.3. The Balaban J connectivity index is 2.68. The molecule has 1 aromatic carbocycles. The van der Waals surface area contributed by atoms with E-state index in [9.17, 15) is 18.0 Å². The minimum absolute atomic E-state index is 0.00947. The van der Waals surface area contributed by atoms with Crippen molar-refractivity contribution < 1.29 is 27.5 Å². The van der Waals surface area contributed by atoms with Gasteiger partial charge in [-0.05, 0) is 36.8 Å². The fourth-order valence-corrected chi connectivity index (χ4v) is 3.05. The lowest BCUT2D eigenvalue weighted by molar-refractivity contribution is -0.139. The molecule has 0 aromatic heterocycles. The Morgan fingerprint density at radius 1 is 1.07 bits per heavy atom. The Kier molecular flexibility index (Phi) is 6.06. The number of rotatable bonds is 5. The Bertz CT molecular complexity index is 960. The second kappa shape index (κ2) is 8.09. The van der Waals surface area contributed by atoms with Gasteiger partial charge in [-0.25, -0.2) is 18.0 Å². The molecule has 1 heterocycles. The summed E-state index contributed by atoms with van der Waals surface area (Å²) in [6.45, 7) is 1.79. The van der Waals surface area contributed by atoms with Crippen LogP contribution in [0.25, 0.3) is 0 Å². The van der Waals surface area contributed by atoms with Crippen molar-refractivity contribution in [1.82, 2.24) is 0 Å². The van der Waals surface area contributed by atoms with Crippen molar-refractivity contribution in [2.75, 3.05) is 30.1 Å². The summed E-state index contributed by atoms with van der Waals surface area (Å²) < 4.78 is 35.1. The van der Waals surface area contributed by atoms with Crippen LogP contribution in [0, 0.1) is 6.92 Å². The van der Waals surface area contributed by atoms with Crippen molar-refractivity contribution in [3.63, 3.8) is 0 Å². The van der Waals surface area contributed by atoms with Crippen LogP contribution >= 0.6 is 0 Å². The fourth-order valence-electron chi connectivity index (χ4n) is 2.50. The molecule has 0 spiro atoms. The summed E-state index contributed by atoms with van der Waals surface area (Å²) in [4.78, 5) is 26.1. The SMILES string of the molecule is COC(=O)C1=C(C(=O)OC)N(c2cc(NS(C)(=O)=O)ccc2C)C=CC=C1.